The Hall–Kier alpha value is -2.10. The molecule has 0 atom stereocenters. The molecule has 2 aromatic heterocycles. The fourth-order valence-electron chi connectivity index (χ4n) is 2.00. The minimum Gasteiger partial charge on any atom is -0.297 e. The van der Waals surface area contributed by atoms with Gasteiger partial charge in [0.05, 0.1) is 16.4 Å². The number of fused-ring (bicyclic) bond motifs is 3. The van der Waals surface area contributed by atoms with Crippen LogP contribution in [0.2, 0.25) is 0 Å². The van der Waals surface area contributed by atoms with E-state index >= 15 is 0 Å². The number of nitrogens with zero attached hydrogens (tertiary/aromatic N) is 1. The van der Waals surface area contributed by atoms with Crippen molar-refractivity contribution in [2.24, 2.45) is 0 Å². The van der Waals surface area contributed by atoms with Crippen LogP contribution >= 0.6 is 0 Å². The molecule has 0 unspecified atom stereocenters. The highest BCUT2D eigenvalue weighted by Crippen LogP contribution is 2.23. The van der Waals surface area contributed by atoms with Gasteiger partial charge in [0.15, 0.2) is 0 Å². The fourth-order valence-corrected chi connectivity index (χ4v) is 2.00. The number of hydrogen-bond acceptors (Lipinski definition) is 2. The quantitative estimate of drug-likeness (QED) is 0.600. The summed E-state index contributed by atoms with van der Waals surface area (Å²) < 4.78 is 0. The zero-order valence-corrected chi connectivity index (χ0v) is 9.09. The summed E-state index contributed by atoms with van der Waals surface area (Å²) in [5.74, 6) is 0. The van der Waals surface area contributed by atoms with Gasteiger partial charge in [0.2, 0.25) is 0 Å². The van der Waals surface area contributed by atoms with Gasteiger partial charge in [-0.3, -0.25) is 20.0 Å². The normalized spacial score (nSPS) is 11.4. The number of rotatable bonds is 0. The lowest BCUT2D eigenvalue weighted by molar-refractivity contribution is 1.08. The van der Waals surface area contributed by atoms with Crippen molar-refractivity contribution in [3.8, 4) is 0 Å². The van der Waals surface area contributed by atoms with E-state index in [1.165, 1.54) is 5.56 Å². The Morgan fingerprint density at radius 2 is 1.94 bits per heavy atom. The number of H-pyrrole nitrogens is 2. The van der Waals surface area contributed by atoms with E-state index in [1.54, 1.807) is 6.20 Å². The topological polar surface area (TPSA) is 61.5 Å². The average molecular weight is 213 g/mol. The highest BCUT2D eigenvalue weighted by Gasteiger charge is 2.08. The molecular weight excluding hydrogens is 202 g/mol. The molecule has 3 rings (SSSR count). The van der Waals surface area contributed by atoms with Crippen LogP contribution < -0.4 is 5.56 Å². The summed E-state index contributed by atoms with van der Waals surface area (Å²) in [5.41, 5.74) is 4.02. The summed E-state index contributed by atoms with van der Waals surface area (Å²) in [6, 6.07) is 4.04. The molecule has 16 heavy (non-hydrogen) atoms. The maximum absolute atomic E-state index is 11.4. The van der Waals surface area contributed by atoms with Crippen molar-refractivity contribution < 1.29 is 0 Å². The van der Waals surface area contributed by atoms with E-state index < -0.39 is 0 Å². The van der Waals surface area contributed by atoms with Gasteiger partial charge < -0.3 is 0 Å². The van der Waals surface area contributed by atoms with Crippen LogP contribution in [0, 0.1) is 13.8 Å². The largest absolute Gasteiger partial charge is 0.297 e. The molecular formula is C12H11N3O. The number of aromatic amines is 2. The van der Waals surface area contributed by atoms with Gasteiger partial charge >= 0.3 is 0 Å². The molecule has 0 radical (unpaired) electrons. The van der Waals surface area contributed by atoms with Crippen LogP contribution in [0.4, 0.5) is 0 Å². The molecule has 3 aromatic rings. The lowest BCUT2D eigenvalue weighted by Gasteiger charge is -2.04. The Kier molecular flexibility index (Phi) is 1.68. The van der Waals surface area contributed by atoms with E-state index in [-0.39, 0.29) is 5.56 Å². The van der Waals surface area contributed by atoms with Crippen molar-refractivity contribution >= 4 is 21.8 Å². The van der Waals surface area contributed by atoms with Gasteiger partial charge in [0.1, 0.15) is 0 Å². The first kappa shape index (κ1) is 9.15. The van der Waals surface area contributed by atoms with E-state index in [2.05, 4.69) is 22.1 Å². The molecule has 0 saturated heterocycles. The molecule has 4 nitrogen and oxygen atoms in total. The van der Waals surface area contributed by atoms with E-state index in [9.17, 15) is 4.79 Å². The number of hydrogen-bond donors (Lipinski definition) is 2. The summed E-state index contributed by atoms with van der Waals surface area (Å²) >= 11 is 0. The maximum atomic E-state index is 11.4. The van der Waals surface area contributed by atoms with Gasteiger partial charge in [-0.2, -0.15) is 0 Å². The zero-order chi connectivity index (χ0) is 11.3. The van der Waals surface area contributed by atoms with Crippen LogP contribution in [0.1, 0.15) is 11.1 Å². The minimum atomic E-state index is -0.123. The molecule has 0 amide bonds. The van der Waals surface area contributed by atoms with Crippen molar-refractivity contribution in [2.45, 2.75) is 13.8 Å². The second-order valence-electron chi connectivity index (χ2n) is 4.03. The first-order chi connectivity index (χ1) is 7.68. The van der Waals surface area contributed by atoms with Crippen molar-refractivity contribution in [3.63, 3.8) is 0 Å². The summed E-state index contributed by atoms with van der Waals surface area (Å²) in [7, 11) is 0. The van der Waals surface area contributed by atoms with E-state index in [0.717, 1.165) is 22.0 Å². The maximum Gasteiger partial charge on any atom is 0.273 e. The highest BCUT2D eigenvalue weighted by atomic mass is 16.1. The second kappa shape index (κ2) is 2.95. The molecule has 0 aliphatic rings. The lowest BCUT2D eigenvalue weighted by atomic mass is 10.0. The number of aromatic nitrogens is 3. The third-order valence-electron chi connectivity index (χ3n) is 3.11. The molecule has 0 spiro atoms. The summed E-state index contributed by atoms with van der Waals surface area (Å²) in [5, 5.41) is 7.07. The van der Waals surface area contributed by atoms with Crippen molar-refractivity contribution in [2.75, 3.05) is 0 Å². The lowest BCUT2D eigenvalue weighted by Crippen LogP contribution is -1.97. The van der Waals surface area contributed by atoms with Gasteiger partial charge in [-0.1, -0.05) is 12.1 Å². The summed E-state index contributed by atoms with van der Waals surface area (Å²) in [6.45, 7) is 4.10. The number of benzene rings is 1. The molecule has 0 aliphatic carbocycles. The molecule has 2 heterocycles. The van der Waals surface area contributed by atoms with Crippen LogP contribution in [0.5, 0.6) is 0 Å². The second-order valence-corrected chi connectivity index (χ2v) is 4.03. The monoisotopic (exact) mass is 213 g/mol. The zero-order valence-electron chi connectivity index (χ0n) is 9.09. The molecule has 0 fully saturated rings. The third-order valence-corrected chi connectivity index (χ3v) is 3.11. The van der Waals surface area contributed by atoms with E-state index in [4.69, 9.17) is 0 Å². The van der Waals surface area contributed by atoms with Crippen LogP contribution in [-0.2, 0) is 0 Å². The molecule has 1 aromatic carbocycles. The van der Waals surface area contributed by atoms with Gasteiger partial charge in [0.25, 0.3) is 5.56 Å². The molecule has 0 saturated carbocycles. The number of pyridine rings is 1. The fraction of sp³-hybridized carbons (Fsp3) is 0.167. The number of nitrogens with one attached hydrogen (secondary N) is 2. The predicted octanol–water partition coefficient (Wildman–Crippen LogP) is 2.02. The average Bonchev–Trinajstić information content (AvgIpc) is 2.66. The molecule has 2 N–H and O–H groups in total. The third kappa shape index (κ3) is 1.04. The van der Waals surface area contributed by atoms with Crippen LogP contribution in [-0.4, -0.2) is 15.2 Å². The van der Waals surface area contributed by atoms with Gasteiger partial charge in [-0.05, 0) is 25.0 Å². The summed E-state index contributed by atoms with van der Waals surface area (Å²) in [6.07, 6.45) is 1.62. The SMILES string of the molecule is Cc1ccc2c(ncc3c(=O)[nH][nH]c32)c1C. The molecule has 4 heteroatoms. The Morgan fingerprint density at radius 1 is 1.12 bits per heavy atom. The predicted molar refractivity (Wildman–Crippen MR) is 63.7 cm³/mol. The molecule has 80 valence electrons. The minimum absolute atomic E-state index is 0.123. The van der Waals surface area contributed by atoms with Crippen molar-refractivity contribution in [1.82, 2.24) is 15.2 Å². The van der Waals surface area contributed by atoms with Gasteiger partial charge in [-0.15, -0.1) is 0 Å². The van der Waals surface area contributed by atoms with Crippen molar-refractivity contribution in [1.29, 1.82) is 0 Å². The highest BCUT2D eigenvalue weighted by molar-refractivity contribution is 6.03. The smallest absolute Gasteiger partial charge is 0.273 e. The van der Waals surface area contributed by atoms with Crippen molar-refractivity contribution in [3.05, 3.63) is 39.8 Å². The standard InChI is InChI=1S/C12H11N3O/c1-6-3-4-8-10(7(6)2)13-5-9-11(8)14-15-12(9)16/h3-5H,1-2H3,(H2,14,15,16). The molecule has 0 aliphatic heterocycles. The Balaban J connectivity index is 2.63. The first-order valence-corrected chi connectivity index (χ1v) is 5.14. The Bertz CT molecular complexity index is 752. The number of aryl methyl sites for hydroxylation is 2. The van der Waals surface area contributed by atoms with Crippen LogP contribution in [0.25, 0.3) is 21.8 Å². The first-order valence-electron chi connectivity index (χ1n) is 5.14. The Labute approximate surface area is 91.3 Å². The molecule has 0 bridgehead atoms. The Morgan fingerprint density at radius 3 is 2.75 bits per heavy atom. The van der Waals surface area contributed by atoms with Crippen LogP contribution in [0.3, 0.4) is 0 Å². The summed E-state index contributed by atoms with van der Waals surface area (Å²) in [4.78, 5) is 15.8. The van der Waals surface area contributed by atoms with Gasteiger partial charge in [-0.25, -0.2) is 0 Å². The van der Waals surface area contributed by atoms with E-state index in [0.29, 0.717) is 5.39 Å². The van der Waals surface area contributed by atoms with Gasteiger partial charge in [0, 0.05) is 11.6 Å². The van der Waals surface area contributed by atoms with Crippen LogP contribution in [0.15, 0.2) is 23.1 Å². The van der Waals surface area contributed by atoms with E-state index in [1.807, 2.05) is 19.1 Å².